The Morgan fingerprint density at radius 1 is 0.879 bits per heavy atom. The number of nitrogens with zero attached hydrogens (tertiary/aromatic N) is 4. The number of para-hydroxylation sites is 1. The Morgan fingerprint density at radius 3 is 2.33 bits per heavy atom. The minimum Gasteiger partial charge on any atom is -0.493 e. The molecule has 0 unspecified atom stereocenters. The van der Waals surface area contributed by atoms with Gasteiger partial charge in [0.15, 0.2) is 0 Å². The Morgan fingerprint density at radius 2 is 1.58 bits per heavy atom. The van der Waals surface area contributed by atoms with Gasteiger partial charge in [-0.2, -0.15) is 4.80 Å². The Balaban J connectivity index is 1.34. The van der Waals surface area contributed by atoms with Gasteiger partial charge >= 0.3 is 0 Å². The molecule has 3 aromatic carbocycles. The Kier molecular flexibility index (Phi) is 6.70. The largest absolute Gasteiger partial charge is 0.493 e. The van der Waals surface area contributed by atoms with Gasteiger partial charge in [-0.3, -0.25) is 20.4 Å². The number of nitrogens with one attached hydrogen (secondary N) is 2. The summed E-state index contributed by atoms with van der Waals surface area (Å²) in [6.07, 6.45) is 0. The first-order chi connectivity index (χ1) is 16.1. The number of hydrogen-bond acceptors (Lipinski definition) is 6. The molecule has 0 aliphatic rings. The van der Waals surface area contributed by atoms with Crippen LogP contribution < -0.4 is 15.6 Å². The summed E-state index contributed by atoms with van der Waals surface area (Å²) >= 11 is 0. The fourth-order valence-electron chi connectivity index (χ4n) is 3.13. The molecule has 4 aromatic rings. The second-order valence-electron chi connectivity index (χ2n) is 7.04. The number of carbonyl (C=O) groups is 2. The highest BCUT2D eigenvalue weighted by Crippen LogP contribution is 2.17. The molecule has 0 fully saturated rings. The topological polar surface area (TPSA) is 111 Å². The standard InChI is InChI=1S/C24H22N6O3/c1-2-33-21-11-7-6-10-20(21)24(32)27-26-23(31)19-14-12-17(13-15-19)16-30-28-22(25-29-30)18-8-4-3-5-9-18/h3-15H,2,16H2,1H3,(H,26,31)(H,27,32). The first kappa shape index (κ1) is 21.7. The van der Waals surface area contributed by atoms with Crippen molar-refractivity contribution in [3.05, 3.63) is 95.6 Å². The van der Waals surface area contributed by atoms with E-state index >= 15 is 0 Å². The van der Waals surface area contributed by atoms with E-state index < -0.39 is 11.8 Å². The van der Waals surface area contributed by atoms with E-state index in [1.165, 1.54) is 4.80 Å². The molecule has 9 heteroatoms. The second-order valence-corrected chi connectivity index (χ2v) is 7.04. The number of amides is 2. The van der Waals surface area contributed by atoms with Crippen molar-refractivity contribution < 1.29 is 14.3 Å². The van der Waals surface area contributed by atoms with Gasteiger partial charge in [-0.05, 0) is 42.0 Å². The summed E-state index contributed by atoms with van der Waals surface area (Å²) in [5, 5.41) is 12.6. The van der Waals surface area contributed by atoms with Crippen molar-refractivity contribution in [1.29, 1.82) is 0 Å². The zero-order valence-corrected chi connectivity index (χ0v) is 17.9. The summed E-state index contributed by atoms with van der Waals surface area (Å²) in [5.74, 6) is 0.103. The summed E-state index contributed by atoms with van der Waals surface area (Å²) in [4.78, 5) is 26.3. The predicted octanol–water partition coefficient (Wildman–Crippen LogP) is 2.86. The maximum Gasteiger partial charge on any atom is 0.273 e. The number of aromatic nitrogens is 4. The summed E-state index contributed by atoms with van der Waals surface area (Å²) in [6, 6.07) is 23.4. The van der Waals surface area contributed by atoms with Crippen LogP contribution in [0.4, 0.5) is 0 Å². The number of hydrogen-bond donors (Lipinski definition) is 2. The number of hydrazine groups is 1. The van der Waals surface area contributed by atoms with Crippen molar-refractivity contribution in [2.24, 2.45) is 0 Å². The van der Waals surface area contributed by atoms with Crippen LogP contribution >= 0.6 is 0 Å². The highest BCUT2D eigenvalue weighted by Gasteiger charge is 2.13. The van der Waals surface area contributed by atoms with Gasteiger partial charge in [0.2, 0.25) is 5.82 Å². The van der Waals surface area contributed by atoms with Crippen LogP contribution in [0.15, 0.2) is 78.9 Å². The van der Waals surface area contributed by atoms with Crippen molar-refractivity contribution >= 4 is 11.8 Å². The molecule has 2 amide bonds. The lowest BCUT2D eigenvalue weighted by atomic mass is 10.1. The molecule has 0 aliphatic carbocycles. The first-order valence-corrected chi connectivity index (χ1v) is 10.4. The molecular weight excluding hydrogens is 420 g/mol. The molecule has 33 heavy (non-hydrogen) atoms. The molecule has 2 N–H and O–H groups in total. The van der Waals surface area contributed by atoms with Crippen molar-refractivity contribution in [1.82, 2.24) is 31.1 Å². The van der Waals surface area contributed by atoms with Gasteiger partial charge in [0, 0.05) is 11.1 Å². The molecule has 9 nitrogen and oxygen atoms in total. The van der Waals surface area contributed by atoms with E-state index in [1.54, 1.807) is 48.5 Å². The van der Waals surface area contributed by atoms with E-state index in [2.05, 4.69) is 26.3 Å². The summed E-state index contributed by atoms with van der Waals surface area (Å²) < 4.78 is 5.45. The van der Waals surface area contributed by atoms with Gasteiger partial charge in [-0.15, -0.1) is 10.2 Å². The van der Waals surface area contributed by atoms with Crippen LogP contribution in [-0.4, -0.2) is 38.6 Å². The number of rotatable bonds is 7. The number of tetrazole rings is 1. The van der Waals surface area contributed by atoms with Crippen molar-refractivity contribution in [3.8, 4) is 17.1 Å². The molecular formula is C24H22N6O3. The number of benzene rings is 3. The fraction of sp³-hybridized carbons (Fsp3) is 0.125. The van der Waals surface area contributed by atoms with Gasteiger partial charge in [0.05, 0.1) is 18.7 Å². The minimum absolute atomic E-state index is 0.338. The SMILES string of the molecule is CCOc1ccccc1C(=O)NNC(=O)c1ccc(Cn2nnc(-c3ccccc3)n2)cc1. The molecule has 166 valence electrons. The highest BCUT2D eigenvalue weighted by atomic mass is 16.5. The lowest BCUT2D eigenvalue weighted by Gasteiger charge is -2.11. The van der Waals surface area contributed by atoms with Gasteiger partial charge in [-0.25, -0.2) is 0 Å². The molecule has 0 saturated heterocycles. The summed E-state index contributed by atoms with van der Waals surface area (Å²) in [5.41, 5.74) is 7.37. The van der Waals surface area contributed by atoms with Crippen LogP contribution in [0.25, 0.3) is 11.4 Å². The quantitative estimate of drug-likeness (QED) is 0.426. The Hall–Kier alpha value is -4.53. The third-order valence-electron chi connectivity index (χ3n) is 4.75. The van der Waals surface area contributed by atoms with E-state index in [-0.39, 0.29) is 0 Å². The van der Waals surface area contributed by atoms with Crippen LogP contribution in [-0.2, 0) is 6.54 Å². The van der Waals surface area contributed by atoms with E-state index in [0.717, 1.165) is 11.1 Å². The van der Waals surface area contributed by atoms with E-state index in [1.807, 2.05) is 37.3 Å². The van der Waals surface area contributed by atoms with E-state index in [9.17, 15) is 9.59 Å². The molecule has 0 atom stereocenters. The molecule has 0 saturated carbocycles. The maximum absolute atomic E-state index is 12.4. The number of carbonyl (C=O) groups excluding carboxylic acids is 2. The average Bonchev–Trinajstić information content (AvgIpc) is 3.32. The highest BCUT2D eigenvalue weighted by molar-refractivity contribution is 6.00. The second kappa shape index (κ2) is 10.2. The monoisotopic (exact) mass is 442 g/mol. The number of ether oxygens (including phenoxy) is 1. The van der Waals surface area contributed by atoms with Crippen LogP contribution in [0.3, 0.4) is 0 Å². The molecule has 0 aliphatic heterocycles. The third kappa shape index (κ3) is 5.40. The van der Waals surface area contributed by atoms with Gasteiger partial charge < -0.3 is 4.74 Å². The van der Waals surface area contributed by atoms with E-state index in [0.29, 0.717) is 35.9 Å². The zero-order chi connectivity index (χ0) is 23.0. The van der Waals surface area contributed by atoms with Gasteiger partial charge in [0.1, 0.15) is 5.75 Å². The molecule has 4 rings (SSSR count). The maximum atomic E-state index is 12.4. The fourth-order valence-corrected chi connectivity index (χ4v) is 3.13. The molecule has 1 aromatic heterocycles. The van der Waals surface area contributed by atoms with Crippen LogP contribution in [0.2, 0.25) is 0 Å². The normalized spacial score (nSPS) is 10.5. The zero-order valence-electron chi connectivity index (χ0n) is 17.9. The van der Waals surface area contributed by atoms with Crippen molar-refractivity contribution in [3.63, 3.8) is 0 Å². The van der Waals surface area contributed by atoms with Crippen LogP contribution in [0.5, 0.6) is 5.75 Å². The Bertz CT molecular complexity index is 1240. The first-order valence-electron chi connectivity index (χ1n) is 10.4. The van der Waals surface area contributed by atoms with Gasteiger partial charge in [-0.1, -0.05) is 54.6 Å². The smallest absolute Gasteiger partial charge is 0.273 e. The van der Waals surface area contributed by atoms with Crippen LogP contribution in [0, 0.1) is 0 Å². The van der Waals surface area contributed by atoms with Crippen molar-refractivity contribution in [2.45, 2.75) is 13.5 Å². The molecule has 0 radical (unpaired) electrons. The summed E-state index contributed by atoms with van der Waals surface area (Å²) in [7, 11) is 0. The van der Waals surface area contributed by atoms with E-state index in [4.69, 9.17) is 4.74 Å². The molecule has 0 bridgehead atoms. The Labute approximate surface area is 190 Å². The predicted molar refractivity (Wildman–Crippen MR) is 121 cm³/mol. The van der Waals surface area contributed by atoms with Gasteiger partial charge in [0.25, 0.3) is 11.8 Å². The van der Waals surface area contributed by atoms with Crippen LogP contribution in [0.1, 0.15) is 33.2 Å². The lowest BCUT2D eigenvalue weighted by Crippen LogP contribution is -2.41. The average molecular weight is 442 g/mol. The minimum atomic E-state index is -0.463. The molecule has 1 heterocycles. The van der Waals surface area contributed by atoms with Crippen molar-refractivity contribution in [2.75, 3.05) is 6.61 Å². The lowest BCUT2D eigenvalue weighted by molar-refractivity contribution is 0.0844. The summed E-state index contributed by atoms with van der Waals surface area (Å²) in [6.45, 7) is 2.68. The third-order valence-corrected chi connectivity index (χ3v) is 4.75. The molecule has 0 spiro atoms.